The maximum Gasteiger partial charge on any atom is 0.334 e. The summed E-state index contributed by atoms with van der Waals surface area (Å²) in [7, 11) is 0. The predicted octanol–water partition coefficient (Wildman–Crippen LogP) is 0.0219. The normalized spacial score (nSPS) is 8.25. The zero-order valence-corrected chi connectivity index (χ0v) is 4.81. The van der Waals surface area contributed by atoms with E-state index in [1.165, 1.54) is 0 Å². The minimum atomic E-state index is -0.437. The maximum absolute atomic E-state index is 10.3. The summed E-state index contributed by atoms with van der Waals surface area (Å²) in [5, 5.41) is 0. The summed E-state index contributed by atoms with van der Waals surface area (Å²) in [5.74, 6) is -0.437. The Hall–Kier alpha value is -0.830. The lowest BCUT2D eigenvalue weighted by Crippen LogP contribution is -2.11. The highest BCUT2D eigenvalue weighted by molar-refractivity contribution is 5.86. The number of carbonyl (C=O) groups is 1. The van der Waals surface area contributed by atoms with E-state index in [1.54, 1.807) is 6.92 Å². The second-order valence-corrected chi connectivity index (χ2v) is 1.38. The molecule has 0 saturated heterocycles. The van der Waals surface area contributed by atoms with Crippen LogP contribution >= 0.6 is 0 Å². The summed E-state index contributed by atoms with van der Waals surface area (Å²) in [5.41, 5.74) is 5.25. The fourth-order valence-corrected chi connectivity index (χ4v) is 0.199. The number of rotatable bonds is 2. The van der Waals surface area contributed by atoms with E-state index in [9.17, 15) is 4.79 Å². The van der Waals surface area contributed by atoms with Crippen LogP contribution in [0.4, 0.5) is 0 Å². The smallest absolute Gasteiger partial charge is 0.334 e. The first-order chi connectivity index (χ1) is 3.68. The molecule has 0 aliphatic heterocycles. The van der Waals surface area contributed by atoms with Gasteiger partial charge >= 0.3 is 5.97 Å². The van der Waals surface area contributed by atoms with Gasteiger partial charge in [0.2, 0.25) is 0 Å². The second kappa shape index (κ2) is 3.21. The molecule has 8 heavy (non-hydrogen) atoms. The van der Waals surface area contributed by atoms with Crippen molar-refractivity contribution >= 4 is 5.97 Å². The number of hydrogen-bond donors (Lipinski definition) is 1. The van der Waals surface area contributed by atoms with Gasteiger partial charge in [-0.3, -0.25) is 5.73 Å². The van der Waals surface area contributed by atoms with Gasteiger partial charge in [-0.2, -0.15) is 0 Å². The Labute approximate surface area is 48.1 Å². The van der Waals surface area contributed by atoms with E-state index >= 15 is 0 Å². The first-order valence-corrected chi connectivity index (χ1v) is 2.21. The van der Waals surface area contributed by atoms with Gasteiger partial charge in [0.25, 0.3) is 0 Å². The molecule has 3 heteroatoms. The average molecular weight is 115 g/mol. The predicted molar refractivity (Wildman–Crippen MR) is 30.0 cm³/mol. The Kier molecular flexibility index (Phi) is 2.88. The van der Waals surface area contributed by atoms with E-state index < -0.39 is 5.97 Å². The standard InChI is InChI=1S/C5H9NO2/c1-4(2)5(7)8-3-6/h1,3,6H2,2H3. The van der Waals surface area contributed by atoms with Crippen LogP contribution in [-0.2, 0) is 9.53 Å². The molecule has 0 aliphatic carbocycles. The van der Waals surface area contributed by atoms with E-state index in [0.29, 0.717) is 5.57 Å². The van der Waals surface area contributed by atoms with Crippen molar-refractivity contribution in [1.29, 1.82) is 0 Å². The highest BCUT2D eigenvalue weighted by Crippen LogP contribution is 1.88. The van der Waals surface area contributed by atoms with Crippen LogP contribution in [-0.4, -0.2) is 12.7 Å². The van der Waals surface area contributed by atoms with E-state index in [-0.39, 0.29) is 6.73 Å². The topological polar surface area (TPSA) is 52.3 Å². The molecule has 0 aromatic carbocycles. The molecule has 3 nitrogen and oxygen atoms in total. The maximum atomic E-state index is 10.3. The summed E-state index contributed by atoms with van der Waals surface area (Å²) in [6.07, 6.45) is 0. The third-order valence-electron chi connectivity index (χ3n) is 0.563. The summed E-state index contributed by atoms with van der Waals surface area (Å²) < 4.78 is 4.34. The lowest BCUT2D eigenvalue weighted by Gasteiger charge is -1.96. The summed E-state index contributed by atoms with van der Waals surface area (Å²) >= 11 is 0. The lowest BCUT2D eigenvalue weighted by atomic mass is 10.4. The van der Waals surface area contributed by atoms with E-state index in [0.717, 1.165) is 0 Å². The highest BCUT2D eigenvalue weighted by Gasteiger charge is 1.98. The zero-order chi connectivity index (χ0) is 6.57. The molecule has 0 saturated carbocycles. The second-order valence-electron chi connectivity index (χ2n) is 1.38. The Morgan fingerprint density at radius 3 is 2.50 bits per heavy atom. The molecule has 0 rings (SSSR count). The average Bonchev–Trinajstić information content (AvgIpc) is 1.67. The fourth-order valence-electron chi connectivity index (χ4n) is 0.199. The van der Waals surface area contributed by atoms with Crippen LogP contribution in [0.1, 0.15) is 6.92 Å². The summed E-state index contributed by atoms with van der Waals surface area (Å²) in [4.78, 5) is 10.3. The molecule has 0 aromatic rings. The molecule has 0 fully saturated rings. The number of carbonyl (C=O) groups excluding carboxylic acids is 1. The SMILES string of the molecule is C=C(C)C(=O)OCN. The van der Waals surface area contributed by atoms with Crippen molar-refractivity contribution < 1.29 is 9.53 Å². The monoisotopic (exact) mass is 115 g/mol. The first kappa shape index (κ1) is 7.17. The van der Waals surface area contributed by atoms with Crippen molar-refractivity contribution in [2.24, 2.45) is 5.73 Å². The van der Waals surface area contributed by atoms with Crippen LogP contribution in [0.2, 0.25) is 0 Å². The van der Waals surface area contributed by atoms with Crippen LogP contribution in [0.3, 0.4) is 0 Å². The fraction of sp³-hybridized carbons (Fsp3) is 0.400. The van der Waals surface area contributed by atoms with Gasteiger partial charge in [0, 0.05) is 5.57 Å². The van der Waals surface area contributed by atoms with Gasteiger partial charge in [-0.15, -0.1) is 0 Å². The number of hydrogen-bond acceptors (Lipinski definition) is 3. The Morgan fingerprint density at radius 2 is 2.38 bits per heavy atom. The Balaban J connectivity index is 3.49. The van der Waals surface area contributed by atoms with Gasteiger partial charge < -0.3 is 4.74 Å². The molecule has 0 radical (unpaired) electrons. The highest BCUT2D eigenvalue weighted by atomic mass is 16.5. The molecular weight excluding hydrogens is 106 g/mol. The molecule has 0 heterocycles. The van der Waals surface area contributed by atoms with E-state index in [2.05, 4.69) is 11.3 Å². The molecule has 0 aliphatic rings. The molecule has 0 atom stereocenters. The van der Waals surface area contributed by atoms with Crippen molar-refractivity contribution in [3.63, 3.8) is 0 Å². The van der Waals surface area contributed by atoms with E-state index in [4.69, 9.17) is 5.73 Å². The quantitative estimate of drug-likeness (QED) is 0.313. The summed E-state index contributed by atoms with van der Waals surface area (Å²) in [6, 6.07) is 0. The molecule has 2 N–H and O–H groups in total. The molecule has 0 bridgehead atoms. The lowest BCUT2D eigenvalue weighted by molar-refractivity contribution is -0.138. The molecule has 0 spiro atoms. The molecule has 0 unspecified atom stereocenters. The molecule has 46 valence electrons. The van der Waals surface area contributed by atoms with Crippen molar-refractivity contribution in [3.05, 3.63) is 12.2 Å². The number of ether oxygens (including phenoxy) is 1. The van der Waals surface area contributed by atoms with E-state index in [1.807, 2.05) is 0 Å². The van der Waals surface area contributed by atoms with Gasteiger partial charge in [0.15, 0.2) is 0 Å². The van der Waals surface area contributed by atoms with Crippen molar-refractivity contribution in [2.45, 2.75) is 6.92 Å². The van der Waals surface area contributed by atoms with Crippen molar-refractivity contribution in [2.75, 3.05) is 6.73 Å². The van der Waals surface area contributed by atoms with Crippen LogP contribution in [0.15, 0.2) is 12.2 Å². The van der Waals surface area contributed by atoms with Crippen LogP contribution in [0, 0.1) is 0 Å². The van der Waals surface area contributed by atoms with Crippen molar-refractivity contribution in [1.82, 2.24) is 0 Å². The number of esters is 1. The van der Waals surface area contributed by atoms with Gasteiger partial charge in [0.05, 0.1) is 0 Å². The van der Waals surface area contributed by atoms with Gasteiger partial charge in [-0.1, -0.05) is 6.58 Å². The third-order valence-corrected chi connectivity index (χ3v) is 0.563. The van der Waals surface area contributed by atoms with Crippen LogP contribution in [0.5, 0.6) is 0 Å². The first-order valence-electron chi connectivity index (χ1n) is 2.21. The third kappa shape index (κ3) is 2.36. The largest absolute Gasteiger partial charge is 0.447 e. The van der Waals surface area contributed by atoms with Gasteiger partial charge in [-0.25, -0.2) is 4.79 Å². The van der Waals surface area contributed by atoms with Crippen LogP contribution < -0.4 is 5.73 Å². The molecule has 0 amide bonds. The molecular formula is C5H9NO2. The minimum Gasteiger partial charge on any atom is -0.447 e. The minimum absolute atomic E-state index is 0.0777. The molecule has 0 aromatic heterocycles. The number of nitrogens with two attached hydrogens (primary N) is 1. The van der Waals surface area contributed by atoms with Gasteiger partial charge in [0.1, 0.15) is 6.73 Å². The summed E-state index contributed by atoms with van der Waals surface area (Å²) in [6.45, 7) is 4.83. The Bertz CT molecular complexity index is 109. The van der Waals surface area contributed by atoms with Crippen LogP contribution in [0.25, 0.3) is 0 Å². The Morgan fingerprint density at radius 1 is 1.88 bits per heavy atom. The van der Waals surface area contributed by atoms with Crippen molar-refractivity contribution in [3.8, 4) is 0 Å². The zero-order valence-electron chi connectivity index (χ0n) is 4.81. The van der Waals surface area contributed by atoms with Gasteiger partial charge in [-0.05, 0) is 6.92 Å².